The van der Waals surface area contributed by atoms with Crippen molar-refractivity contribution in [1.82, 2.24) is 25.1 Å². The minimum atomic E-state index is -0.240. The number of tetrazole rings is 1. The summed E-state index contributed by atoms with van der Waals surface area (Å²) < 4.78 is 15.7. The van der Waals surface area contributed by atoms with Crippen LogP contribution in [0.25, 0.3) is 0 Å². The van der Waals surface area contributed by atoms with E-state index in [2.05, 4.69) is 69.5 Å². The van der Waals surface area contributed by atoms with Crippen LogP contribution in [0.1, 0.15) is 34.1 Å². The molecule has 1 aromatic heterocycles. The monoisotopic (exact) mass is 470 g/mol. The zero-order valence-corrected chi connectivity index (χ0v) is 20.3. The Bertz CT molecular complexity index is 1250. The Kier molecular flexibility index (Phi) is 6.86. The Hall–Kier alpha value is -3.58. The molecule has 1 unspecified atom stereocenters. The molecule has 1 saturated heterocycles. The van der Waals surface area contributed by atoms with Gasteiger partial charge in [0.1, 0.15) is 5.82 Å². The molecule has 0 saturated carbocycles. The third-order valence-corrected chi connectivity index (χ3v) is 7.04. The fraction of sp³-hybridized carbons (Fsp3) is 0.321. The zero-order valence-electron chi connectivity index (χ0n) is 20.3. The number of piperazine rings is 1. The van der Waals surface area contributed by atoms with Crippen LogP contribution in [0.3, 0.4) is 0 Å². The topological polar surface area (TPSA) is 50.1 Å². The number of hydrogen-bond acceptors (Lipinski definition) is 5. The minimum absolute atomic E-state index is 0.137. The normalized spacial score (nSPS) is 15.3. The van der Waals surface area contributed by atoms with Crippen molar-refractivity contribution < 1.29 is 4.39 Å². The van der Waals surface area contributed by atoms with E-state index in [9.17, 15) is 4.39 Å². The zero-order chi connectivity index (χ0) is 24.2. The van der Waals surface area contributed by atoms with E-state index in [4.69, 9.17) is 0 Å². The molecule has 1 fully saturated rings. The molecule has 2 heterocycles. The predicted molar refractivity (Wildman–Crippen MR) is 136 cm³/mol. The molecule has 0 bridgehead atoms. The van der Waals surface area contributed by atoms with Gasteiger partial charge < -0.3 is 4.90 Å². The highest BCUT2D eigenvalue weighted by Gasteiger charge is 2.31. The van der Waals surface area contributed by atoms with Crippen LogP contribution in [0.4, 0.5) is 10.1 Å². The lowest BCUT2D eigenvalue weighted by Gasteiger charge is -2.40. The molecule has 1 aliphatic heterocycles. The van der Waals surface area contributed by atoms with Gasteiger partial charge in [0.2, 0.25) is 0 Å². The molecule has 35 heavy (non-hydrogen) atoms. The molecular weight excluding hydrogens is 439 g/mol. The van der Waals surface area contributed by atoms with E-state index in [1.54, 1.807) is 0 Å². The standard InChI is InChI=1S/C28H31FN6/c1-21-7-6-10-26(22(21)2)33-17-19-34(20-18-33)27(24-11-13-25(29)14-12-24)28-30-31-32-35(28)16-15-23-8-4-3-5-9-23/h3-14,27H,15-20H2,1-2H3. The molecule has 3 aromatic carbocycles. The number of aryl methyl sites for hydroxylation is 3. The maximum atomic E-state index is 13.8. The first-order valence-electron chi connectivity index (χ1n) is 12.2. The maximum Gasteiger partial charge on any atom is 0.173 e. The Morgan fingerprint density at radius 2 is 1.60 bits per heavy atom. The van der Waals surface area contributed by atoms with Crippen LogP contribution in [0.2, 0.25) is 0 Å². The summed E-state index contributed by atoms with van der Waals surface area (Å²) in [4.78, 5) is 4.87. The molecule has 0 aliphatic carbocycles. The van der Waals surface area contributed by atoms with Gasteiger partial charge >= 0.3 is 0 Å². The third-order valence-electron chi connectivity index (χ3n) is 7.04. The van der Waals surface area contributed by atoms with Crippen LogP contribution in [0.15, 0.2) is 72.8 Å². The molecule has 4 aromatic rings. The summed E-state index contributed by atoms with van der Waals surface area (Å²) in [5, 5.41) is 12.8. The molecule has 0 amide bonds. The maximum absolute atomic E-state index is 13.8. The number of aromatic nitrogens is 4. The van der Waals surface area contributed by atoms with Crippen molar-refractivity contribution in [3.63, 3.8) is 0 Å². The van der Waals surface area contributed by atoms with Gasteiger partial charge in [-0.2, -0.15) is 0 Å². The highest BCUT2D eigenvalue weighted by atomic mass is 19.1. The fourth-order valence-electron chi connectivity index (χ4n) is 4.91. The Labute approximate surface area is 206 Å². The van der Waals surface area contributed by atoms with E-state index in [0.717, 1.165) is 44.0 Å². The van der Waals surface area contributed by atoms with Crippen LogP contribution < -0.4 is 4.90 Å². The molecular formula is C28H31FN6. The smallest absolute Gasteiger partial charge is 0.173 e. The molecule has 7 heteroatoms. The number of nitrogens with zero attached hydrogens (tertiary/aromatic N) is 6. The van der Waals surface area contributed by atoms with E-state index in [0.29, 0.717) is 6.54 Å². The lowest BCUT2D eigenvalue weighted by Crippen LogP contribution is -2.48. The summed E-state index contributed by atoms with van der Waals surface area (Å²) >= 11 is 0. The van der Waals surface area contributed by atoms with Crippen molar-refractivity contribution in [1.29, 1.82) is 0 Å². The molecule has 0 spiro atoms. The fourth-order valence-corrected chi connectivity index (χ4v) is 4.91. The predicted octanol–water partition coefficient (Wildman–Crippen LogP) is 4.58. The van der Waals surface area contributed by atoms with Gasteiger partial charge in [0, 0.05) is 38.4 Å². The summed E-state index contributed by atoms with van der Waals surface area (Å²) in [5.74, 6) is 0.559. The van der Waals surface area contributed by atoms with E-state index in [1.807, 2.05) is 35.0 Å². The van der Waals surface area contributed by atoms with Gasteiger partial charge in [-0.25, -0.2) is 9.07 Å². The second-order valence-corrected chi connectivity index (χ2v) is 9.19. The van der Waals surface area contributed by atoms with Gasteiger partial charge in [0.25, 0.3) is 0 Å². The van der Waals surface area contributed by atoms with Crippen LogP contribution in [-0.4, -0.2) is 51.3 Å². The molecule has 0 radical (unpaired) electrons. The van der Waals surface area contributed by atoms with Crippen LogP contribution in [0.5, 0.6) is 0 Å². The van der Waals surface area contributed by atoms with Crippen molar-refractivity contribution >= 4 is 5.69 Å². The molecule has 5 rings (SSSR count). The van der Waals surface area contributed by atoms with Crippen molar-refractivity contribution in [2.75, 3.05) is 31.1 Å². The van der Waals surface area contributed by atoms with Crippen LogP contribution in [0, 0.1) is 19.7 Å². The quantitative estimate of drug-likeness (QED) is 0.396. The highest BCUT2D eigenvalue weighted by Crippen LogP contribution is 2.30. The number of halogens is 1. The first kappa shape index (κ1) is 23.2. The lowest BCUT2D eigenvalue weighted by atomic mass is 10.0. The molecule has 1 atom stereocenters. The first-order valence-corrected chi connectivity index (χ1v) is 12.2. The lowest BCUT2D eigenvalue weighted by molar-refractivity contribution is 0.200. The van der Waals surface area contributed by atoms with Gasteiger partial charge in [-0.3, -0.25) is 4.90 Å². The molecule has 180 valence electrons. The third kappa shape index (κ3) is 5.10. The number of rotatable bonds is 7. The number of benzene rings is 3. The van der Waals surface area contributed by atoms with Gasteiger partial charge in [-0.1, -0.05) is 54.6 Å². The largest absolute Gasteiger partial charge is 0.369 e. The Morgan fingerprint density at radius 3 is 2.34 bits per heavy atom. The van der Waals surface area contributed by atoms with E-state index < -0.39 is 0 Å². The van der Waals surface area contributed by atoms with Crippen molar-refractivity contribution in [3.05, 3.63) is 107 Å². The Balaban J connectivity index is 1.39. The number of anilines is 1. The molecule has 6 nitrogen and oxygen atoms in total. The van der Waals surface area contributed by atoms with E-state index >= 15 is 0 Å². The molecule has 0 N–H and O–H groups in total. The number of hydrogen-bond donors (Lipinski definition) is 0. The Morgan fingerprint density at radius 1 is 0.857 bits per heavy atom. The summed E-state index contributed by atoms with van der Waals surface area (Å²) in [5.41, 5.74) is 6.19. The van der Waals surface area contributed by atoms with Crippen LogP contribution >= 0.6 is 0 Å². The average Bonchev–Trinajstić information content (AvgIpc) is 3.35. The summed E-state index contributed by atoms with van der Waals surface area (Å²) in [6.07, 6.45) is 0.843. The van der Waals surface area contributed by atoms with Gasteiger partial charge in [-0.15, -0.1) is 5.10 Å². The summed E-state index contributed by atoms with van der Waals surface area (Å²) in [7, 11) is 0. The van der Waals surface area contributed by atoms with Gasteiger partial charge in [-0.05, 0) is 71.1 Å². The van der Waals surface area contributed by atoms with Crippen molar-refractivity contribution in [3.8, 4) is 0 Å². The molecule has 1 aliphatic rings. The van der Waals surface area contributed by atoms with Crippen molar-refractivity contribution in [2.24, 2.45) is 0 Å². The second-order valence-electron chi connectivity index (χ2n) is 9.19. The van der Waals surface area contributed by atoms with Crippen molar-refractivity contribution in [2.45, 2.75) is 32.9 Å². The van der Waals surface area contributed by atoms with E-state index in [1.165, 1.54) is 34.5 Å². The SMILES string of the molecule is Cc1cccc(N2CCN(C(c3ccc(F)cc3)c3nnnn3CCc3ccccc3)CC2)c1C. The van der Waals surface area contributed by atoms with Gasteiger partial charge in [0.15, 0.2) is 5.82 Å². The van der Waals surface area contributed by atoms with Crippen LogP contribution in [-0.2, 0) is 13.0 Å². The second kappa shape index (κ2) is 10.4. The average molecular weight is 471 g/mol. The van der Waals surface area contributed by atoms with E-state index in [-0.39, 0.29) is 11.9 Å². The highest BCUT2D eigenvalue weighted by molar-refractivity contribution is 5.56. The summed E-state index contributed by atoms with van der Waals surface area (Å²) in [6, 6.07) is 23.5. The first-order chi connectivity index (χ1) is 17.1. The summed E-state index contributed by atoms with van der Waals surface area (Å²) in [6.45, 7) is 8.59. The van der Waals surface area contributed by atoms with Gasteiger partial charge in [0.05, 0.1) is 6.04 Å². The minimum Gasteiger partial charge on any atom is -0.369 e.